The van der Waals surface area contributed by atoms with Crippen LogP contribution in [0.5, 0.6) is 0 Å². The predicted octanol–water partition coefficient (Wildman–Crippen LogP) is 16.2. The van der Waals surface area contributed by atoms with Crippen LogP contribution in [0.3, 0.4) is 0 Å². The van der Waals surface area contributed by atoms with Gasteiger partial charge in [0.25, 0.3) is 0 Å². The summed E-state index contributed by atoms with van der Waals surface area (Å²) in [6.45, 7) is 13.7. The first-order chi connectivity index (χ1) is 26.0. The Labute approximate surface area is 360 Å². The molecular formula is C46H57Br2Cl2N2PRu. The van der Waals surface area contributed by atoms with Crippen molar-refractivity contribution in [3.8, 4) is 0 Å². The monoisotopic (exact) mass is 998 g/mol. The molecule has 54 heavy (non-hydrogen) atoms. The van der Waals surface area contributed by atoms with Crippen molar-refractivity contribution >= 4 is 76.6 Å². The fourth-order valence-corrected chi connectivity index (χ4v) is 15.8. The molecule has 3 aliphatic carbocycles. The number of nitrogens with zero attached hydrogens (tertiary/aromatic N) is 2. The van der Waals surface area contributed by atoms with E-state index >= 15 is 0 Å². The van der Waals surface area contributed by atoms with E-state index in [1.165, 1.54) is 133 Å². The number of anilines is 2. The van der Waals surface area contributed by atoms with Gasteiger partial charge in [-0.05, 0) is 163 Å². The number of aryl methyl sites for hydroxylation is 6. The van der Waals surface area contributed by atoms with Gasteiger partial charge >= 0.3 is 34.5 Å². The van der Waals surface area contributed by atoms with Crippen LogP contribution in [0.2, 0.25) is 0 Å². The molecule has 0 amide bonds. The molecule has 3 saturated carbocycles. The van der Waals surface area contributed by atoms with Crippen LogP contribution in [-0.2, 0) is 15.1 Å². The first-order valence-corrected chi connectivity index (χ1v) is 27.6. The van der Waals surface area contributed by atoms with Crippen molar-refractivity contribution in [3.63, 3.8) is 0 Å². The number of rotatable bonds is 6. The Balaban J connectivity index is 0.00000160. The zero-order valence-corrected chi connectivity index (χ0v) is 40.2. The second-order valence-corrected chi connectivity index (χ2v) is 23.2. The third-order valence-corrected chi connectivity index (χ3v) is 18.0. The summed E-state index contributed by atoms with van der Waals surface area (Å²) in [4.78, 5) is 5.24. The topological polar surface area (TPSA) is 6.48 Å². The zero-order chi connectivity index (χ0) is 38.5. The molecule has 0 saturated heterocycles. The molecule has 3 fully saturated rings. The Morgan fingerprint density at radius 2 is 1.06 bits per heavy atom. The minimum absolute atomic E-state index is 0.218. The molecule has 8 heteroatoms. The summed E-state index contributed by atoms with van der Waals surface area (Å²) in [5.74, 6) is 1.35. The Bertz CT molecular complexity index is 1740. The van der Waals surface area contributed by atoms with Gasteiger partial charge in [0.15, 0.2) is 0 Å². The fourth-order valence-electron chi connectivity index (χ4n) is 10.2. The molecule has 0 bridgehead atoms. The van der Waals surface area contributed by atoms with E-state index in [-0.39, 0.29) is 23.1 Å². The van der Waals surface area contributed by atoms with E-state index in [2.05, 4.69) is 144 Å². The summed E-state index contributed by atoms with van der Waals surface area (Å²) in [5, 5.41) is 0. The summed E-state index contributed by atoms with van der Waals surface area (Å²) in [6.07, 6.45) is 20.5. The summed E-state index contributed by atoms with van der Waals surface area (Å²) in [6, 6.07) is 20.7. The molecule has 0 radical (unpaired) electrons. The molecule has 1 atom stereocenters. The maximum atomic E-state index is 4.85. The van der Waals surface area contributed by atoms with Gasteiger partial charge in [-0.2, -0.15) is 0 Å². The molecule has 3 aromatic rings. The normalized spacial score (nSPS) is 21.1. The van der Waals surface area contributed by atoms with E-state index in [9.17, 15) is 0 Å². The van der Waals surface area contributed by atoms with Crippen LogP contribution in [0.4, 0.5) is 11.4 Å². The summed E-state index contributed by atoms with van der Waals surface area (Å²) in [5.41, 5.74) is 17.4. The van der Waals surface area contributed by atoms with Crippen molar-refractivity contribution in [2.45, 2.75) is 142 Å². The molecule has 2 nitrogen and oxygen atoms in total. The molecule has 292 valence electrons. The van der Waals surface area contributed by atoms with Crippen molar-refractivity contribution in [2.75, 3.05) is 9.80 Å². The van der Waals surface area contributed by atoms with Gasteiger partial charge in [-0.1, -0.05) is 118 Å². The van der Waals surface area contributed by atoms with Crippen LogP contribution in [0.1, 0.15) is 122 Å². The Kier molecular flexibility index (Phi) is 15.6. The Morgan fingerprint density at radius 3 is 1.48 bits per heavy atom. The third-order valence-electron chi connectivity index (χ3n) is 12.0. The molecule has 3 aromatic carbocycles. The minimum atomic E-state index is -0.346. The van der Waals surface area contributed by atoms with Crippen LogP contribution >= 0.6 is 59.2 Å². The number of benzene rings is 3. The quantitative estimate of drug-likeness (QED) is 0.138. The SMILES string of the molecule is Cc1cc(C)c(N2C(Br)=C(Br)N(c3c(C)cc(C)cc3C)C2=C2C(=Cc3ccccc3)CCCC2P(C2CCCCC2)C2CCCCC2)c(C)c1.[Cl][Ru][Cl]. The van der Waals surface area contributed by atoms with Crippen LogP contribution in [0.15, 0.2) is 80.8 Å². The molecule has 7 rings (SSSR count). The van der Waals surface area contributed by atoms with Gasteiger partial charge in [0.2, 0.25) is 0 Å². The van der Waals surface area contributed by atoms with Gasteiger partial charge in [-0.3, -0.25) is 9.80 Å². The summed E-state index contributed by atoms with van der Waals surface area (Å²) >= 11 is 8.19. The van der Waals surface area contributed by atoms with Crippen LogP contribution < -0.4 is 9.80 Å². The van der Waals surface area contributed by atoms with Crippen molar-refractivity contribution in [1.29, 1.82) is 0 Å². The van der Waals surface area contributed by atoms with Gasteiger partial charge in [-0.25, -0.2) is 0 Å². The third kappa shape index (κ3) is 9.34. The second-order valence-electron chi connectivity index (χ2n) is 16.1. The van der Waals surface area contributed by atoms with Crippen molar-refractivity contribution in [2.24, 2.45) is 0 Å². The average Bonchev–Trinajstić information content (AvgIpc) is 3.38. The molecule has 1 unspecified atom stereocenters. The van der Waals surface area contributed by atoms with Gasteiger partial charge in [0.1, 0.15) is 15.0 Å². The van der Waals surface area contributed by atoms with E-state index in [0.29, 0.717) is 5.66 Å². The van der Waals surface area contributed by atoms with Gasteiger partial charge < -0.3 is 0 Å². The number of allylic oxidation sites excluding steroid dienone is 2. The van der Waals surface area contributed by atoms with Crippen LogP contribution in [0.25, 0.3) is 6.08 Å². The molecule has 0 N–H and O–H groups in total. The fraction of sp³-hybridized carbons (Fsp3) is 0.478. The summed E-state index contributed by atoms with van der Waals surface area (Å²) < 4.78 is 2.20. The second kappa shape index (κ2) is 19.7. The van der Waals surface area contributed by atoms with Crippen LogP contribution in [-0.4, -0.2) is 17.0 Å². The summed E-state index contributed by atoms with van der Waals surface area (Å²) in [7, 11) is 9.49. The maximum absolute atomic E-state index is 4.85. The van der Waals surface area contributed by atoms with Gasteiger partial charge in [0.05, 0.1) is 11.4 Å². The number of hydrogen-bond acceptors (Lipinski definition) is 2. The van der Waals surface area contributed by atoms with E-state index in [1.807, 2.05) is 0 Å². The van der Waals surface area contributed by atoms with Crippen molar-refractivity contribution in [1.82, 2.24) is 0 Å². The van der Waals surface area contributed by atoms with E-state index in [1.54, 1.807) is 11.1 Å². The molecule has 0 aromatic heterocycles. The molecule has 1 heterocycles. The molecular weight excluding hydrogens is 943 g/mol. The zero-order valence-electron chi connectivity index (χ0n) is 32.9. The first-order valence-electron chi connectivity index (χ1n) is 20.0. The molecule has 4 aliphatic rings. The first kappa shape index (κ1) is 42.7. The van der Waals surface area contributed by atoms with Crippen LogP contribution in [0, 0.1) is 41.5 Å². The Morgan fingerprint density at radius 1 is 0.630 bits per heavy atom. The van der Waals surface area contributed by atoms with Gasteiger partial charge in [0, 0.05) is 11.2 Å². The standard InChI is InChI=1S/C46H57Br2N2P.2ClH.Ru/c1-30-25-32(3)42(33(4)26-30)49-44(47)45(48)50(43-34(5)27-31(2)28-35(43)6)46(49)41-37(29-36-17-10-7-11-18-36)19-16-24-40(41)51(38-20-12-8-13-21-38)39-22-14-9-15-23-39;;;/h7,10-11,17-18,25-29,38-40H,8-9,12-16,19-24H2,1-6H3;2*1H;/q;;;+2/p-2. The molecule has 1 aliphatic heterocycles. The Hall–Kier alpha value is -0.927. The average molecular weight is 1000 g/mol. The predicted molar refractivity (Wildman–Crippen MR) is 243 cm³/mol. The van der Waals surface area contributed by atoms with Gasteiger partial charge in [-0.15, -0.1) is 0 Å². The van der Waals surface area contributed by atoms with E-state index in [0.717, 1.165) is 27.0 Å². The molecule has 0 spiro atoms. The van der Waals surface area contributed by atoms with Crippen molar-refractivity contribution in [3.05, 3.63) is 120 Å². The number of hydrogen-bond donors (Lipinski definition) is 0. The van der Waals surface area contributed by atoms with E-state index < -0.39 is 0 Å². The van der Waals surface area contributed by atoms with E-state index in [4.69, 9.17) is 19.4 Å². The van der Waals surface area contributed by atoms with Crippen molar-refractivity contribution < 1.29 is 15.1 Å². The number of halogens is 4.